The van der Waals surface area contributed by atoms with E-state index >= 15 is 0 Å². The monoisotopic (exact) mass is 347 g/mol. The molecule has 0 bridgehead atoms. The minimum Gasteiger partial charge on any atom is -0.490 e. The van der Waals surface area contributed by atoms with Gasteiger partial charge in [-0.15, -0.1) is 0 Å². The first-order valence-electron chi connectivity index (χ1n) is 9.57. The van der Waals surface area contributed by atoms with Crippen molar-refractivity contribution in [2.45, 2.75) is 50.2 Å². The predicted molar refractivity (Wildman–Crippen MR) is 104 cm³/mol. The number of fused-ring (bicyclic) bond motifs is 1. The molecule has 0 saturated heterocycles. The Bertz CT molecular complexity index is 776. The fourth-order valence-corrected chi connectivity index (χ4v) is 4.00. The van der Waals surface area contributed by atoms with Crippen molar-refractivity contribution in [1.29, 1.82) is 0 Å². The maximum Gasteiger partial charge on any atom is 0.228 e. The molecule has 1 fully saturated rings. The molecule has 1 N–H and O–H groups in total. The van der Waals surface area contributed by atoms with Gasteiger partial charge in [-0.3, -0.25) is 4.79 Å². The molecule has 1 amide bonds. The minimum atomic E-state index is -0.0607. The first-order valence-corrected chi connectivity index (χ1v) is 9.57. The number of benzene rings is 2. The summed E-state index contributed by atoms with van der Waals surface area (Å²) < 4.78 is 6.05. The SMILES string of the molecule is O=C(NC1CCC(Oc2ccccc2)CC1)C1CC=Cc2ccccc21. The number of hydrogen-bond acceptors (Lipinski definition) is 2. The lowest BCUT2D eigenvalue weighted by Crippen LogP contribution is -2.42. The molecule has 26 heavy (non-hydrogen) atoms. The van der Waals surface area contributed by atoms with Crippen LogP contribution in [0.2, 0.25) is 0 Å². The van der Waals surface area contributed by atoms with Crippen molar-refractivity contribution in [3.8, 4) is 5.75 Å². The first kappa shape index (κ1) is 16.9. The highest BCUT2D eigenvalue weighted by Gasteiger charge is 2.28. The zero-order chi connectivity index (χ0) is 17.8. The van der Waals surface area contributed by atoms with Crippen LogP contribution in [0.3, 0.4) is 0 Å². The standard InChI is InChI=1S/C23H25NO2/c25-23(22-12-6-8-17-7-4-5-11-21(17)22)24-18-13-15-20(16-14-18)26-19-9-2-1-3-10-19/h1-11,18,20,22H,12-16H2,(H,24,25). The molecular weight excluding hydrogens is 322 g/mol. The Balaban J connectivity index is 1.31. The van der Waals surface area contributed by atoms with Crippen molar-refractivity contribution in [3.05, 3.63) is 71.8 Å². The lowest BCUT2D eigenvalue weighted by molar-refractivity contribution is -0.123. The Hall–Kier alpha value is -2.55. The van der Waals surface area contributed by atoms with Gasteiger partial charge in [0.2, 0.25) is 5.91 Å². The molecule has 0 radical (unpaired) electrons. The van der Waals surface area contributed by atoms with Gasteiger partial charge in [-0.2, -0.15) is 0 Å². The number of para-hydroxylation sites is 1. The normalized spacial score (nSPS) is 24.5. The third-order valence-electron chi connectivity index (χ3n) is 5.42. The quantitative estimate of drug-likeness (QED) is 0.871. The molecule has 1 saturated carbocycles. The zero-order valence-corrected chi connectivity index (χ0v) is 14.9. The summed E-state index contributed by atoms with van der Waals surface area (Å²) >= 11 is 0. The van der Waals surface area contributed by atoms with E-state index in [1.807, 2.05) is 42.5 Å². The summed E-state index contributed by atoms with van der Waals surface area (Å²) in [6, 6.07) is 18.5. The van der Waals surface area contributed by atoms with Gasteiger partial charge in [-0.1, -0.05) is 54.6 Å². The fourth-order valence-electron chi connectivity index (χ4n) is 4.00. The van der Waals surface area contributed by atoms with Crippen LogP contribution in [0, 0.1) is 0 Å². The molecule has 0 heterocycles. The van der Waals surface area contributed by atoms with E-state index in [0.29, 0.717) is 0 Å². The average molecular weight is 347 g/mol. The van der Waals surface area contributed by atoms with Crippen LogP contribution < -0.4 is 10.1 Å². The number of ether oxygens (including phenoxy) is 1. The van der Waals surface area contributed by atoms with Gasteiger partial charge >= 0.3 is 0 Å². The molecule has 3 heteroatoms. The third-order valence-corrected chi connectivity index (χ3v) is 5.42. The van der Waals surface area contributed by atoms with Crippen molar-refractivity contribution < 1.29 is 9.53 Å². The predicted octanol–water partition coefficient (Wildman–Crippen LogP) is 4.69. The molecule has 3 nitrogen and oxygen atoms in total. The zero-order valence-electron chi connectivity index (χ0n) is 14.9. The van der Waals surface area contributed by atoms with Crippen LogP contribution in [0.25, 0.3) is 6.08 Å². The van der Waals surface area contributed by atoms with Gasteiger partial charge in [-0.25, -0.2) is 0 Å². The van der Waals surface area contributed by atoms with Crippen LogP contribution in [-0.2, 0) is 4.79 Å². The molecule has 4 rings (SSSR count). The van der Waals surface area contributed by atoms with E-state index < -0.39 is 0 Å². The van der Waals surface area contributed by atoms with E-state index in [4.69, 9.17) is 4.74 Å². The topological polar surface area (TPSA) is 38.3 Å². The van der Waals surface area contributed by atoms with Gasteiger partial charge in [0.05, 0.1) is 12.0 Å². The maximum atomic E-state index is 12.8. The van der Waals surface area contributed by atoms with Gasteiger partial charge in [0.25, 0.3) is 0 Å². The van der Waals surface area contributed by atoms with Crippen LogP contribution in [-0.4, -0.2) is 18.1 Å². The van der Waals surface area contributed by atoms with Crippen LogP contribution in [0.15, 0.2) is 60.7 Å². The highest BCUT2D eigenvalue weighted by atomic mass is 16.5. The minimum absolute atomic E-state index is 0.0607. The number of carbonyl (C=O) groups is 1. The molecule has 1 unspecified atom stereocenters. The molecule has 2 aliphatic carbocycles. The lowest BCUT2D eigenvalue weighted by Gasteiger charge is -2.31. The summed E-state index contributed by atoms with van der Waals surface area (Å²) in [5.41, 5.74) is 2.31. The third kappa shape index (κ3) is 3.82. The molecule has 134 valence electrons. The van der Waals surface area contributed by atoms with E-state index in [1.165, 1.54) is 5.56 Å². The van der Waals surface area contributed by atoms with Crippen molar-refractivity contribution in [2.75, 3.05) is 0 Å². The Morgan fingerprint density at radius 2 is 1.65 bits per heavy atom. The van der Waals surface area contributed by atoms with E-state index in [1.54, 1.807) is 0 Å². The van der Waals surface area contributed by atoms with Crippen molar-refractivity contribution >= 4 is 12.0 Å². The van der Waals surface area contributed by atoms with Crippen molar-refractivity contribution in [1.82, 2.24) is 5.32 Å². The van der Waals surface area contributed by atoms with Gasteiger partial charge in [0, 0.05) is 6.04 Å². The summed E-state index contributed by atoms with van der Waals surface area (Å²) in [5, 5.41) is 3.29. The summed E-state index contributed by atoms with van der Waals surface area (Å²) in [4.78, 5) is 12.8. The number of nitrogens with one attached hydrogen (secondary N) is 1. The lowest BCUT2D eigenvalue weighted by atomic mass is 9.85. The smallest absolute Gasteiger partial charge is 0.228 e. The Morgan fingerprint density at radius 3 is 2.46 bits per heavy atom. The number of amides is 1. The number of hydrogen-bond donors (Lipinski definition) is 1. The molecule has 0 aromatic heterocycles. The number of allylic oxidation sites excluding steroid dienone is 1. The highest BCUT2D eigenvalue weighted by molar-refractivity contribution is 5.86. The second-order valence-electron chi connectivity index (χ2n) is 7.23. The highest BCUT2D eigenvalue weighted by Crippen LogP contribution is 2.31. The fraction of sp³-hybridized carbons (Fsp3) is 0.348. The molecule has 2 aliphatic rings. The summed E-state index contributed by atoms with van der Waals surface area (Å²) in [6.07, 6.45) is 9.20. The Morgan fingerprint density at radius 1 is 0.923 bits per heavy atom. The summed E-state index contributed by atoms with van der Waals surface area (Å²) in [5.74, 6) is 1.04. The number of carbonyl (C=O) groups excluding carboxylic acids is 1. The van der Waals surface area contributed by atoms with E-state index in [-0.39, 0.29) is 24.0 Å². The molecule has 1 atom stereocenters. The Labute approximate surface area is 155 Å². The van der Waals surface area contributed by atoms with Gasteiger partial charge < -0.3 is 10.1 Å². The summed E-state index contributed by atoms with van der Waals surface area (Å²) in [7, 11) is 0. The largest absolute Gasteiger partial charge is 0.490 e. The second-order valence-corrected chi connectivity index (χ2v) is 7.23. The van der Waals surface area contributed by atoms with Crippen molar-refractivity contribution in [3.63, 3.8) is 0 Å². The second kappa shape index (κ2) is 7.77. The molecular formula is C23H25NO2. The molecule has 0 spiro atoms. The average Bonchev–Trinajstić information content (AvgIpc) is 2.70. The van der Waals surface area contributed by atoms with Crippen LogP contribution in [0.4, 0.5) is 0 Å². The van der Waals surface area contributed by atoms with Crippen molar-refractivity contribution in [2.24, 2.45) is 0 Å². The van der Waals surface area contributed by atoms with E-state index in [0.717, 1.165) is 43.4 Å². The summed E-state index contributed by atoms with van der Waals surface area (Å²) in [6.45, 7) is 0. The van der Waals surface area contributed by atoms with E-state index in [2.05, 4.69) is 29.6 Å². The number of rotatable bonds is 4. The molecule has 2 aromatic rings. The van der Waals surface area contributed by atoms with Crippen LogP contribution >= 0.6 is 0 Å². The van der Waals surface area contributed by atoms with Crippen LogP contribution in [0.1, 0.15) is 49.1 Å². The Kier molecular flexibility index (Phi) is 5.05. The first-order chi connectivity index (χ1) is 12.8. The molecule has 2 aromatic carbocycles. The van der Waals surface area contributed by atoms with Crippen LogP contribution in [0.5, 0.6) is 5.75 Å². The van der Waals surface area contributed by atoms with Gasteiger partial charge in [-0.05, 0) is 55.4 Å². The molecule has 0 aliphatic heterocycles. The maximum absolute atomic E-state index is 12.8. The van der Waals surface area contributed by atoms with E-state index in [9.17, 15) is 4.79 Å². The van der Waals surface area contributed by atoms with Gasteiger partial charge in [0.15, 0.2) is 0 Å². The van der Waals surface area contributed by atoms with Gasteiger partial charge in [0.1, 0.15) is 5.75 Å².